The molecule has 0 fully saturated rings. The monoisotopic (exact) mass is 242 g/mol. The van der Waals surface area contributed by atoms with Gasteiger partial charge in [0.25, 0.3) is 0 Å². The molecule has 2 N–H and O–H groups in total. The van der Waals surface area contributed by atoms with Gasteiger partial charge in [-0.25, -0.2) is 9.78 Å². The third kappa shape index (κ3) is 3.11. The molecule has 5 nitrogen and oxygen atoms in total. The first-order chi connectivity index (χ1) is 7.56. The van der Waals surface area contributed by atoms with E-state index in [-0.39, 0.29) is 16.4 Å². The van der Waals surface area contributed by atoms with Crippen LogP contribution in [0.3, 0.4) is 0 Å². The van der Waals surface area contributed by atoms with E-state index in [9.17, 15) is 9.59 Å². The molecule has 0 spiro atoms. The lowest BCUT2D eigenvalue weighted by molar-refractivity contribution is 0.0687. The molecule has 0 aromatic carbocycles. The minimum Gasteiger partial charge on any atom is -0.476 e. The first kappa shape index (κ1) is 12.8. The molecule has 0 aliphatic heterocycles. The van der Waals surface area contributed by atoms with Crippen molar-refractivity contribution in [1.82, 2.24) is 10.3 Å². The molecule has 0 bridgehead atoms. The third-order valence-corrected chi connectivity index (χ3v) is 3.05. The van der Waals surface area contributed by atoms with Gasteiger partial charge in [0, 0.05) is 13.5 Å². The van der Waals surface area contributed by atoms with Crippen LogP contribution in [-0.2, 0) is 6.54 Å². The maximum absolute atomic E-state index is 11.2. The largest absolute Gasteiger partial charge is 0.476 e. The summed E-state index contributed by atoms with van der Waals surface area (Å²) in [6.45, 7) is 4.74. The second-order valence-corrected chi connectivity index (χ2v) is 4.41. The fourth-order valence-corrected chi connectivity index (χ4v) is 2.12. The Bertz CT molecular complexity index is 369. The van der Waals surface area contributed by atoms with Gasteiger partial charge in [-0.15, -0.1) is 11.3 Å². The zero-order valence-electron chi connectivity index (χ0n) is 9.24. The number of hydrogen-bond acceptors (Lipinski definition) is 5. The standard InChI is InChI=1S/C10H14N2O3S/c1-3-4-11-5-7-12-8(10(14)15)9(16-7)6(2)13/h11H,3-5H2,1-2H3,(H,14,15). The lowest BCUT2D eigenvalue weighted by Gasteiger charge is -1.97. The number of nitrogens with one attached hydrogen (secondary N) is 1. The second-order valence-electron chi connectivity index (χ2n) is 3.32. The molecule has 1 aromatic heterocycles. The van der Waals surface area contributed by atoms with Crippen molar-refractivity contribution in [1.29, 1.82) is 0 Å². The van der Waals surface area contributed by atoms with Crippen molar-refractivity contribution in [3.05, 3.63) is 15.6 Å². The van der Waals surface area contributed by atoms with E-state index in [4.69, 9.17) is 5.11 Å². The van der Waals surface area contributed by atoms with Gasteiger partial charge in [-0.1, -0.05) is 6.92 Å². The number of Topliss-reactive ketones (excluding diaryl/α,β-unsaturated/α-hetero) is 1. The Balaban J connectivity index is 2.84. The molecule has 0 atom stereocenters. The number of rotatable bonds is 6. The maximum atomic E-state index is 11.2. The van der Waals surface area contributed by atoms with Crippen molar-refractivity contribution in [2.75, 3.05) is 6.54 Å². The third-order valence-electron chi connectivity index (χ3n) is 1.90. The fraction of sp³-hybridized carbons (Fsp3) is 0.500. The Hall–Kier alpha value is -1.27. The van der Waals surface area contributed by atoms with Crippen molar-refractivity contribution in [3.8, 4) is 0 Å². The molecule has 0 saturated carbocycles. The summed E-state index contributed by atoms with van der Waals surface area (Å²) in [7, 11) is 0. The molecular formula is C10H14N2O3S. The van der Waals surface area contributed by atoms with Crippen molar-refractivity contribution in [2.45, 2.75) is 26.8 Å². The summed E-state index contributed by atoms with van der Waals surface area (Å²) in [6, 6.07) is 0. The minimum atomic E-state index is -1.15. The smallest absolute Gasteiger partial charge is 0.356 e. The topological polar surface area (TPSA) is 79.3 Å². The van der Waals surface area contributed by atoms with Crippen LogP contribution < -0.4 is 5.32 Å². The highest BCUT2D eigenvalue weighted by atomic mass is 32.1. The summed E-state index contributed by atoms with van der Waals surface area (Å²) in [5.74, 6) is -1.40. The zero-order valence-corrected chi connectivity index (χ0v) is 10.1. The van der Waals surface area contributed by atoms with E-state index in [0.717, 1.165) is 24.3 Å². The molecule has 16 heavy (non-hydrogen) atoms. The van der Waals surface area contributed by atoms with E-state index in [1.807, 2.05) is 6.92 Å². The number of carboxylic acids is 1. The van der Waals surface area contributed by atoms with E-state index < -0.39 is 5.97 Å². The highest BCUT2D eigenvalue weighted by molar-refractivity contribution is 7.14. The van der Waals surface area contributed by atoms with E-state index in [1.54, 1.807) is 0 Å². The fourth-order valence-electron chi connectivity index (χ4n) is 1.20. The van der Waals surface area contributed by atoms with E-state index >= 15 is 0 Å². The molecule has 0 aliphatic carbocycles. The summed E-state index contributed by atoms with van der Waals surface area (Å²) in [4.78, 5) is 26.2. The Labute approximate surface area is 97.5 Å². The maximum Gasteiger partial charge on any atom is 0.356 e. The average molecular weight is 242 g/mol. The van der Waals surface area contributed by atoms with Crippen LogP contribution in [0.25, 0.3) is 0 Å². The molecule has 0 aliphatic rings. The number of aromatic carboxylic acids is 1. The van der Waals surface area contributed by atoms with Gasteiger partial charge in [-0.05, 0) is 13.0 Å². The highest BCUT2D eigenvalue weighted by Crippen LogP contribution is 2.19. The summed E-state index contributed by atoms with van der Waals surface area (Å²) < 4.78 is 0. The van der Waals surface area contributed by atoms with Gasteiger partial charge in [0.1, 0.15) is 9.88 Å². The molecule has 1 aromatic rings. The first-order valence-corrected chi connectivity index (χ1v) is 5.82. The number of ketones is 1. The molecule has 0 unspecified atom stereocenters. The Kier molecular flexibility index (Phi) is 4.57. The van der Waals surface area contributed by atoms with Gasteiger partial charge in [-0.3, -0.25) is 4.79 Å². The number of nitrogens with zero attached hydrogens (tertiary/aromatic N) is 1. The summed E-state index contributed by atoms with van der Waals surface area (Å²) in [6.07, 6.45) is 0.997. The van der Waals surface area contributed by atoms with Gasteiger partial charge in [0.05, 0.1) is 0 Å². The Morgan fingerprint density at radius 1 is 1.50 bits per heavy atom. The minimum absolute atomic E-state index is 0.134. The van der Waals surface area contributed by atoms with Gasteiger partial charge < -0.3 is 10.4 Å². The van der Waals surface area contributed by atoms with Crippen LogP contribution in [-0.4, -0.2) is 28.4 Å². The van der Waals surface area contributed by atoms with Crippen LogP contribution in [0.5, 0.6) is 0 Å². The molecule has 0 saturated heterocycles. The van der Waals surface area contributed by atoms with Gasteiger partial charge >= 0.3 is 5.97 Å². The predicted octanol–water partition coefficient (Wildman–Crippen LogP) is 1.54. The molecule has 1 rings (SSSR count). The van der Waals surface area contributed by atoms with Crippen LogP contribution in [0.4, 0.5) is 0 Å². The van der Waals surface area contributed by atoms with Crippen molar-refractivity contribution >= 4 is 23.1 Å². The molecule has 1 heterocycles. The Morgan fingerprint density at radius 3 is 2.62 bits per heavy atom. The van der Waals surface area contributed by atoms with Gasteiger partial charge in [-0.2, -0.15) is 0 Å². The van der Waals surface area contributed by atoms with Crippen LogP contribution >= 0.6 is 11.3 Å². The summed E-state index contributed by atoms with van der Waals surface area (Å²) >= 11 is 1.14. The van der Waals surface area contributed by atoms with E-state index in [0.29, 0.717) is 11.6 Å². The lowest BCUT2D eigenvalue weighted by atomic mass is 10.3. The van der Waals surface area contributed by atoms with Gasteiger partial charge in [0.2, 0.25) is 0 Å². The predicted molar refractivity (Wildman–Crippen MR) is 61.1 cm³/mol. The van der Waals surface area contributed by atoms with Crippen LogP contribution in [0.15, 0.2) is 0 Å². The summed E-state index contributed by atoms with van der Waals surface area (Å²) in [5, 5.41) is 12.6. The van der Waals surface area contributed by atoms with Crippen LogP contribution in [0.1, 0.15) is 45.4 Å². The molecule has 0 radical (unpaired) electrons. The van der Waals surface area contributed by atoms with Crippen LogP contribution in [0.2, 0.25) is 0 Å². The van der Waals surface area contributed by atoms with Crippen LogP contribution in [0, 0.1) is 0 Å². The average Bonchev–Trinajstić information content (AvgIpc) is 2.62. The SMILES string of the molecule is CCCNCc1nc(C(=O)O)c(C(C)=O)s1. The summed E-state index contributed by atoms with van der Waals surface area (Å²) in [5.41, 5.74) is -0.134. The number of thiazole rings is 1. The van der Waals surface area contributed by atoms with E-state index in [1.165, 1.54) is 6.92 Å². The lowest BCUT2D eigenvalue weighted by Crippen LogP contribution is -2.13. The number of aromatic nitrogens is 1. The zero-order chi connectivity index (χ0) is 12.1. The molecule has 6 heteroatoms. The second kappa shape index (κ2) is 5.72. The van der Waals surface area contributed by atoms with Crippen molar-refractivity contribution < 1.29 is 14.7 Å². The molecule has 0 amide bonds. The number of hydrogen-bond donors (Lipinski definition) is 2. The van der Waals surface area contributed by atoms with Crippen molar-refractivity contribution in [2.24, 2.45) is 0 Å². The van der Waals surface area contributed by atoms with Gasteiger partial charge in [0.15, 0.2) is 11.5 Å². The Morgan fingerprint density at radius 2 is 2.19 bits per heavy atom. The highest BCUT2D eigenvalue weighted by Gasteiger charge is 2.19. The first-order valence-electron chi connectivity index (χ1n) is 5.01. The number of carbonyl (C=O) groups excluding carboxylic acids is 1. The number of carbonyl (C=O) groups is 2. The quantitative estimate of drug-likeness (QED) is 0.584. The normalized spacial score (nSPS) is 10.4. The number of carboxylic acid groups (broad SMARTS) is 1. The van der Waals surface area contributed by atoms with Crippen molar-refractivity contribution in [3.63, 3.8) is 0 Å². The molecular weight excluding hydrogens is 228 g/mol. The van der Waals surface area contributed by atoms with E-state index in [2.05, 4.69) is 10.3 Å². The molecule has 88 valence electrons.